The van der Waals surface area contributed by atoms with Crippen molar-refractivity contribution in [2.24, 2.45) is 11.8 Å². The van der Waals surface area contributed by atoms with Crippen LogP contribution >= 0.6 is 0 Å². The van der Waals surface area contributed by atoms with Gasteiger partial charge in [-0.1, -0.05) is 36.4 Å². The fraction of sp³-hybridized carbons (Fsp3) is 0.316. The Kier molecular flexibility index (Phi) is 2.91. The first-order valence-electron chi connectivity index (χ1n) is 8.38. The van der Waals surface area contributed by atoms with Gasteiger partial charge in [0.2, 0.25) is 5.95 Å². The van der Waals surface area contributed by atoms with Crippen molar-refractivity contribution >= 4 is 17.0 Å². The minimum Gasteiger partial charge on any atom is -0.342 e. The molecule has 2 aliphatic heterocycles. The van der Waals surface area contributed by atoms with Crippen molar-refractivity contribution in [1.29, 1.82) is 0 Å². The van der Waals surface area contributed by atoms with Crippen LogP contribution in [0.25, 0.3) is 22.2 Å². The first-order chi connectivity index (χ1) is 11.4. The van der Waals surface area contributed by atoms with Crippen molar-refractivity contribution in [3.8, 4) is 11.1 Å². The molecule has 23 heavy (non-hydrogen) atoms. The van der Waals surface area contributed by atoms with Gasteiger partial charge in [0.15, 0.2) is 0 Å². The van der Waals surface area contributed by atoms with Crippen LogP contribution < -0.4 is 10.2 Å². The third-order valence-electron chi connectivity index (χ3n) is 5.27. The van der Waals surface area contributed by atoms with Crippen molar-refractivity contribution in [2.75, 3.05) is 31.1 Å². The van der Waals surface area contributed by atoms with Gasteiger partial charge in [0.25, 0.3) is 0 Å². The van der Waals surface area contributed by atoms with E-state index in [1.807, 2.05) is 0 Å². The number of aromatic amines is 1. The summed E-state index contributed by atoms with van der Waals surface area (Å²) in [6.45, 7) is 4.53. The molecule has 4 heteroatoms. The third kappa shape index (κ3) is 2.21. The Morgan fingerprint density at radius 2 is 1.70 bits per heavy atom. The molecule has 2 unspecified atom stereocenters. The molecule has 2 aliphatic rings. The number of hydrogen-bond donors (Lipinski definition) is 2. The molecule has 0 radical (unpaired) electrons. The Morgan fingerprint density at radius 1 is 0.913 bits per heavy atom. The molecule has 2 saturated heterocycles. The van der Waals surface area contributed by atoms with Crippen LogP contribution in [0, 0.1) is 11.8 Å². The molecule has 3 aromatic rings. The molecular weight excluding hydrogens is 284 g/mol. The fourth-order valence-corrected chi connectivity index (χ4v) is 3.98. The van der Waals surface area contributed by atoms with Crippen molar-refractivity contribution < 1.29 is 0 Å². The minimum atomic E-state index is 0.781. The van der Waals surface area contributed by atoms with Gasteiger partial charge in [-0.05, 0) is 35.1 Å². The molecular formula is C19H20N4. The number of H-pyrrole nitrogens is 1. The minimum absolute atomic E-state index is 0.781. The Labute approximate surface area is 135 Å². The predicted octanol–water partition coefficient (Wildman–Crippen LogP) is 2.89. The first-order valence-corrected chi connectivity index (χ1v) is 8.38. The van der Waals surface area contributed by atoms with Gasteiger partial charge in [-0.2, -0.15) is 0 Å². The van der Waals surface area contributed by atoms with Gasteiger partial charge in [-0.15, -0.1) is 0 Å². The van der Waals surface area contributed by atoms with Gasteiger partial charge in [0.05, 0.1) is 11.0 Å². The van der Waals surface area contributed by atoms with E-state index in [0.29, 0.717) is 0 Å². The van der Waals surface area contributed by atoms with E-state index in [9.17, 15) is 0 Å². The third-order valence-corrected chi connectivity index (χ3v) is 5.27. The lowest BCUT2D eigenvalue weighted by atomic mass is 10.0. The second kappa shape index (κ2) is 5.10. The summed E-state index contributed by atoms with van der Waals surface area (Å²) in [6, 6.07) is 17.0. The standard InChI is InChI=1S/C19H20N4/c1-2-4-13(5-3-1)14-6-7-17-18(8-14)22-19(21-17)23-11-15-9-20-10-16(15)12-23/h1-8,15-16,20H,9-12H2,(H,21,22). The Balaban J connectivity index is 1.48. The number of imidazole rings is 1. The largest absolute Gasteiger partial charge is 0.342 e. The SMILES string of the molecule is c1ccc(-c2ccc3nc(N4CC5CNCC5C4)[nH]c3c2)cc1. The lowest BCUT2D eigenvalue weighted by Crippen LogP contribution is -2.26. The Morgan fingerprint density at radius 3 is 2.48 bits per heavy atom. The molecule has 1 aromatic heterocycles. The van der Waals surface area contributed by atoms with Crippen LogP contribution in [0.2, 0.25) is 0 Å². The number of nitrogens with one attached hydrogen (secondary N) is 2. The monoisotopic (exact) mass is 304 g/mol. The molecule has 3 heterocycles. The molecule has 2 aromatic carbocycles. The van der Waals surface area contributed by atoms with Crippen LogP contribution in [0.4, 0.5) is 5.95 Å². The average Bonchev–Trinajstić information content (AvgIpc) is 3.28. The lowest BCUT2D eigenvalue weighted by molar-refractivity contribution is 0.533. The summed E-state index contributed by atoms with van der Waals surface area (Å²) in [5.74, 6) is 2.59. The Hall–Kier alpha value is -2.33. The van der Waals surface area contributed by atoms with Gasteiger partial charge in [-0.3, -0.25) is 0 Å². The van der Waals surface area contributed by atoms with E-state index in [-0.39, 0.29) is 0 Å². The van der Waals surface area contributed by atoms with Crippen molar-refractivity contribution in [2.45, 2.75) is 0 Å². The van der Waals surface area contributed by atoms with Gasteiger partial charge in [0, 0.05) is 26.2 Å². The number of benzene rings is 2. The van der Waals surface area contributed by atoms with Gasteiger partial charge < -0.3 is 15.2 Å². The number of aromatic nitrogens is 2. The van der Waals surface area contributed by atoms with Gasteiger partial charge in [-0.25, -0.2) is 4.98 Å². The highest BCUT2D eigenvalue weighted by molar-refractivity contribution is 5.83. The molecule has 5 rings (SSSR count). The number of nitrogens with zero attached hydrogens (tertiary/aromatic N) is 2. The van der Waals surface area contributed by atoms with Crippen LogP contribution in [0.5, 0.6) is 0 Å². The molecule has 116 valence electrons. The maximum atomic E-state index is 4.81. The highest BCUT2D eigenvalue weighted by Gasteiger charge is 2.37. The van der Waals surface area contributed by atoms with Gasteiger partial charge >= 0.3 is 0 Å². The van der Waals surface area contributed by atoms with Crippen molar-refractivity contribution in [3.05, 3.63) is 48.5 Å². The first kappa shape index (κ1) is 13.1. The maximum Gasteiger partial charge on any atom is 0.203 e. The topological polar surface area (TPSA) is 44.0 Å². The van der Waals surface area contributed by atoms with Crippen LogP contribution in [0.15, 0.2) is 48.5 Å². The molecule has 0 saturated carbocycles. The summed E-state index contributed by atoms with van der Waals surface area (Å²) in [7, 11) is 0. The molecule has 0 bridgehead atoms. The smallest absolute Gasteiger partial charge is 0.203 e. The normalized spacial score (nSPS) is 23.6. The Bertz CT molecular complexity index is 827. The summed E-state index contributed by atoms with van der Waals surface area (Å²) in [6.07, 6.45) is 0. The molecule has 2 N–H and O–H groups in total. The molecule has 2 fully saturated rings. The van der Waals surface area contributed by atoms with Crippen molar-refractivity contribution in [1.82, 2.24) is 15.3 Å². The quantitative estimate of drug-likeness (QED) is 0.765. The van der Waals surface area contributed by atoms with E-state index in [4.69, 9.17) is 4.98 Å². The summed E-state index contributed by atoms with van der Waals surface area (Å²) in [5.41, 5.74) is 4.65. The average molecular weight is 304 g/mol. The number of anilines is 1. The molecule has 0 spiro atoms. The van der Waals surface area contributed by atoms with E-state index in [0.717, 1.165) is 55.0 Å². The molecule has 4 nitrogen and oxygen atoms in total. The van der Waals surface area contributed by atoms with Crippen LogP contribution in [-0.4, -0.2) is 36.1 Å². The number of fused-ring (bicyclic) bond motifs is 2. The number of hydrogen-bond acceptors (Lipinski definition) is 3. The molecule has 2 atom stereocenters. The lowest BCUT2D eigenvalue weighted by Gasteiger charge is -2.15. The molecule has 0 aliphatic carbocycles. The number of rotatable bonds is 2. The van der Waals surface area contributed by atoms with E-state index >= 15 is 0 Å². The van der Waals surface area contributed by atoms with E-state index in [2.05, 4.69) is 63.7 Å². The van der Waals surface area contributed by atoms with Crippen molar-refractivity contribution in [3.63, 3.8) is 0 Å². The zero-order valence-electron chi connectivity index (χ0n) is 13.0. The van der Waals surface area contributed by atoms with Gasteiger partial charge in [0.1, 0.15) is 0 Å². The van der Waals surface area contributed by atoms with Crippen LogP contribution in [0.3, 0.4) is 0 Å². The second-order valence-corrected chi connectivity index (χ2v) is 6.74. The second-order valence-electron chi connectivity index (χ2n) is 6.74. The van der Waals surface area contributed by atoms with E-state index in [1.165, 1.54) is 11.1 Å². The summed E-state index contributed by atoms with van der Waals surface area (Å²) < 4.78 is 0. The summed E-state index contributed by atoms with van der Waals surface area (Å²) >= 11 is 0. The van der Waals surface area contributed by atoms with E-state index in [1.54, 1.807) is 0 Å². The van der Waals surface area contributed by atoms with Crippen LogP contribution in [0.1, 0.15) is 0 Å². The zero-order valence-corrected chi connectivity index (χ0v) is 13.0. The van der Waals surface area contributed by atoms with E-state index < -0.39 is 0 Å². The zero-order chi connectivity index (χ0) is 15.2. The maximum absolute atomic E-state index is 4.81. The fourth-order valence-electron chi connectivity index (χ4n) is 3.98. The highest BCUT2D eigenvalue weighted by atomic mass is 15.3. The molecule has 0 amide bonds. The summed E-state index contributed by atoms with van der Waals surface area (Å²) in [4.78, 5) is 10.8. The highest BCUT2D eigenvalue weighted by Crippen LogP contribution is 2.31. The predicted molar refractivity (Wildman–Crippen MR) is 93.6 cm³/mol. The van der Waals surface area contributed by atoms with Crippen LogP contribution in [-0.2, 0) is 0 Å². The summed E-state index contributed by atoms with van der Waals surface area (Å²) in [5, 5.41) is 3.49.